The lowest BCUT2D eigenvalue weighted by Crippen LogP contribution is -2.43. The average Bonchev–Trinajstić information content (AvgIpc) is 2.38. The topological polar surface area (TPSA) is 77.8 Å². The summed E-state index contributed by atoms with van der Waals surface area (Å²) in [5, 5.41) is 6.56. The van der Waals surface area contributed by atoms with E-state index in [9.17, 15) is 0 Å². The number of hydrogen-bond acceptors (Lipinski definition) is 6. The van der Waals surface area contributed by atoms with E-state index in [0.29, 0.717) is 6.54 Å². The average molecular weight is 268 g/mol. The summed E-state index contributed by atoms with van der Waals surface area (Å²) in [5.41, 5.74) is 5.36. The van der Waals surface area contributed by atoms with Crippen LogP contribution in [0, 0.1) is 0 Å². The van der Waals surface area contributed by atoms with Gasteiger partial charge in [0.05, 0.1) is 0 Å². The fraction of sp³-hybridized carbons (Fsp3) is 1.00. The SMILES string of the molecule is CO[Si](CCC[15NH]CC[15NH]CC[15NH2])(OC)OC. The van der Waals surface area contributed by atoms with Crippen LogP contribution in [0.15, 0.2) is 0 Å². The number of nitrogens with one attached hydrogen (secondary N) is 2. The molecule has 0 saturated carbocycles. The van der Waals surface area contributed by atoms with Crippen LogP contribution in [0.3, 0.4) is 0 Å². The molecule has 0 rings (SSSR count). The molecule has 0 bridgehead atoms. The third-order valence-corrected chi connectivity index (χ3v) is 5.40. The van der Waals surface area contributed by atoms with Crippen LogP contribution in [-0.4, -0.2) is 62.9 Å². The minimum atomic E-state index is -2.37. The summed E-state index contributed by atoms with van der Waals surface area (Å²) in [6.07, 6.45) is 0.985. The van der Waals surface area contributed by atoms with Gasteiger partial charge in [0.1, 0.15) is 0 Å². The minimum absolute atomic E-state index is 0.684. The smallest absolute Gasteiger partial charge is 0.377 e. The quantitative estimate of drug-likeness (QED) is 0.249. The van der Waals surface area contributed by atoms with Crippen molar-refractivity contribution in [2.24, 2.45) is 5.73 Å². The van der Waals surface area contributed by atoms with Crippen molar-refractivity contribution in [1.82, 2.24) is 10.6 Å². The molecule has 0 aromatic heterocycles. The van der Waals surface area contributed by atoms with Crippen molar-refractivity contribution >= 4 is 8.80 Å². The molecule has 0 aromatic carbocycles. The normalized spacial score (nSPS) is 12.0. The molecule has 0 aliphatic carbocycles. The van der Waals surface area contributed by atoms with Gasteiger partial charge >= 0.3 is 8.80 Å². The van der Waals surface area contributed by atoms with Gasteiger partial charge in [0.2, 0.25) is 0 Å². The maximum atomic E-state index is 5.36. The Hall–Kier alpha value is -0.0231. The van der Waals surface area contributed by atoms with Crippen LogP contribution in [0.4, 0.5) is 0 Å². The van der Waals surface area contributed by atoms with Gasteiger partial charge in [-0.1, -0.05) is 0 Å². The highest BCUT2D eigenvalue weighted by atomic mass is 28.4. The van der Waals surface area contributed by atoms with E-state index in [1.807, 2.05) is 0 Å². The largest absolute Gasteiger partial charge is 0.500 e. The molecule has 0 aromatic rings. The van der Waals surface area contributed by atoms with E-state index in [2.05, 4.69) is 10.6 Å². The zero-order chi connectivity index (χ0) is 13.0. The molecule has 0 radical (unpaired) electrons. The van der Waals surface area contributed by atoms with E-state index in [4.69, 9.17) is 19.0 Å². The van der Waals surface area contributed by atoms with Gasteiger partial charge < -0.3 is 29.6 Å². The molecule has 7 heteroatoms. The first-order valence-corrected chi connectivity index (χ1v) is 7.94. The van der Waals surface area contributed by atoms with Crippen molar-refractivity contribution in [3.05, 3.63) is 0 Å². The Morgan fingerprint density at radius 2 is 1.41 bits per heavy atom. The van der Waals surface area contributed by atoms with Gasteiger partial charge in [-0.3, -0.25) is 0 Å². The van der Waals surface area contributed by atoms with E-state index >= 15 is 0 Å². The molecule has 0 aliphatic heterocycles. The summed E-state index contributed by atoms with van der Waals surface area (Å²) in [6.45, 7) is 4.38. The van der Waals surface area contributed by atoms with Crippen LogP contribution in [0.2, 0.25) is 6.04 Å². The first-order valence-electron chi connectivity index (χ1n) is 6.01. The third-order valence-electron chi connectivity index (χ3n) is 2.57. The summed E-state index contributed by atoms with van der Waals surface area (Å²) < 4.78 is 16.0. The van der Waals surface area contributed by atoms with Crippen molar-refractivity contribution < 1.29 is 13.3 Å². The highest BCUT2D eigenvalue weighted by molar-refractivity contribution is 6.60. The summed E-state index contributed by atoms with van der Waals surface area (Å²) >= 11 is 0. The first kappa shape index (κ1) is 17.0. The van der Waals surface area contributed by atoms with Crippen molar-refractivity contribution in [3.63, 3.8) is 0 Å². The summed E-state index contributed by atoms with van der Waals surface area (Å²) in [5.74, 6) is 0. The van der Waals surface area contributed by atoms with Crippen molar-refractivity contribution in [3.8, 4) is 0 Å². The number of hydrogen-bond donors (Lipinski definition) is 3. The van der Waals surface area contributed by atoms with E-state index in [1.54, 1.807) is 21.3 Å². The second kappa shape index (κ2) is 11.1. The molecule has 0 unspecified atom stereocenters. The Morgan fingerprint density at radius 3 is 1.88 bits per heavy atom. The zero-order valence-electron chi connectivity index (χ0n) is 11.3. The Labute approximate surface area is 106 Å². The molecule has 0 fully saturated rings. The molecular formula is C10H27N3O3Si. The van der Waals surface area contributed by atoms with Gasteiger partial charge in [0, 0.05) is 53.6 Å². The lowest BCUT2D eigenvalue weighted by atomic mass is 10.5. The standard InChI is InChI=1S/C10H27N3O3Si/c1-14-17(15-2,16-3)10-4-6-12-8-9-13-7-5-11/h12-13H,4-11H2,1-3H3/i11+1,12+1,13+1. The van der Waals surface area contributed by atoms with Gasteiger partial charge in [-0.2, -0.15) is 0 Å². The second-order valence-corrected chi connectivity index (χ2v) is 6.78. The van der Waals surface area contributed by atoms with Crippen molar-refractivity contribution in [2.75, 3.05) is 54.1 Å². The summed E-state index contributed by atoms with van der Waals surface area (Å²) in [4.78, 5) is 0. The van der Waals surface area contributed by atoms with Crippen molar-refractivity contribution in [1.29, 1.82) is 0 Å². The third kappa shape index (κ3) is 7.82. The van der Waals surface area contributed by atoms with E-state index in [-0.39, 0.29) is 0 Å². The van der Waals surface area contributed by atoms with Crippen LogP contribution >= 0.6 is 0 Å². The molecular weight excluding hydrogens is 241 g/mol. The maximum Gasteiger partial charge on any atom is 0.500 e. The van der Waals surface area contributed by atoms with Crippen LogP contribution in [0.25, 0.3) is 0 Å². The molecule has 17 heavy (non-hydrogen) atoms. The van der Waals surface area contributed by atoms with Gasteiger partial charge in [0.15, 0.2) is 0 Å². The Bertz CT molecular complexity index is 163. The molecule has 0 atom stereocenters. The predicted molar refractivity (Wildman–Crippen MR) is 71.0 cm³/mol. The molecule has 6 nitrogen and oxygen atoms in total. The fourth-order valence-corrected chi connectivity index (χ4v) is 3.24. The lowest BCUT2D eigenvalue weighted by molar-refractivity contribution is 0.123. The molecule has 0 heterocycles. The van der Waals surface area contributed by atoms with Gasteiger partial charge in [-0.15, -0.1) is 0 Å². The maximum absolute atomic E-state index is 5.36. The molecule has 0 aliphatic rings. The number of rotatable bonds is 12. The Balaban J connectivity index is 3.43. The Kier molecular flexibility index (Phi) is 11.1. The van der Waals surface area contributed by atoms with Gasteiger partial charge in [0.25, 0.3) is 0 Å². The van der Waals surface area contributed by atoms with Gasteiger partial charge in [-0.05, 0) is 13.0 Å². The molecule has 104 valence electrons. The van der Waals surface area contributed by atoms with E-state index in [1.165, 1.54) is 0 Å². The minimum Gasteiger partial charge on any atom is -0.377 e. The zero-order valence-corrected chi connectivity index (χ0v) is 12.3. The molecule has 0 amide bonds. The first-order chi connectivity index (χ1) is 8.24. The van der Waals surface area contributed by atoms with E-state index in [0.717, 1.165) is 38.6 Å². The van der Waals surface area contributed by atoms with Crippen LogP contribution in [0.1, 0.15) is 6.42 Å². The highest BCUT2D eigenvalue weighted by Crippen LogP contribution is 2.14. The predicted octanol–water partition coefficient (Wildman–Crippen LogP) is -0.607. The van der Waals surface area contributed by atoms with Crippen LogP contribution in [-0.2, 0) is 13.3 Å². The Morgan fingerprint density at radius 1 is 0.882 bits per heavy atom. The summed E-state index contributed by atoms with van der Waals surface area (Å²) in [7, 11) is 2.56. The summed E-state index contributed by atoms with van der Waals surface area (Å²) in [6, 6.07) is 0.833. The van der Waals surface area contributed by atoms with Crippen LogP contribution in [0.5, 0.6) is 0 Å². The molecule has 0 spiro atoms. The lowest BCUT2D eigenvalue weighted by Gasteiger charge is -2.24. The second-order valence-electron chi connectivity index (χ2n) is 3.69. The fourth-order valence-electron chi connectivity index (χ4n) is 1.51. The molecule has 0 saturated heterocycles. The van der Waals surface area contributed by atoms with E-state index < -0.39 is 8.80 Å². The monoisotopic (exact) mass is 268 g/mol. The highest BCUT2D eigenvalue weighted by Gasteiger charge is 2.36. The van der Waals surface area contributed by atoms with Gasteiger partial charge in [-0.25, -0.2) is 0 Å². The van der Waals surface area contributed by atoms with Crippen LogP contribution < -0.4 is 16.4 Å². The van der Waals surface area contributed by atoms with Crippen molar-refractivity contribution in [2.45, 2.75) is 12.5 Å². The number of nitrogens with two attached hydrogens (primary N) is 1. The molecule has 4 N–H and O–H groups in total.